The van der Waals surface area contributed by atoms with Crippen molar-refractivity contribution in [1.82, 2.24) is 4.57 Å². The van der Waals surface area contributed by atoms with E-state index in [1.807, 2.05) is 19.9 Å². The Balaban J connectivity index is 1.77. The summed E-state index contributed by atoms with van der Waals surface area (Å²) in [4.78, 5) is 30.0. The first-order chi connectivity index (χ1) is 16.0. The molecule has 0 fully saturated rings. The van der Waals surface area contributed by atoms with Crippen LogP contribution in [0.1, 0.15) is 31.1 Å². The minimum atomic E-state index is -0.469. The molecule has 3 aromatic rings. The molecule has 0 bridgehead atoms. The van der Waals surface area contributed by atoms with Crippen LogP contribution in [-0.2, 0) is 16.1 Å². The second-order valence-electron chi connectivity index (χ2n) is 6.89. The topological polar surface area (TPSA) is 97.6 Å². The zero-order chi connectivity index (χ0) is 23.4. The number of amides is 1. The first-order valence-electron chi connectivity index (χ1n) is 10.6. The van der Waals surface area contributed by atoms with E-state index in [1.165, 1.54) is 11.3 Å². The third-order valence-electron chi connectivity index (χ3n) is 4.76. The van der Waals surface area contributed by atoms with Gasteiger partial charge in [-0.2, -0.15) is 4.99 Å². The second-order valence-corrected chi connectivity index (χ2v) is 7.90. The lowest BCUT2D eigenvalue weighted by atomic mass is 10.2. The quantitative estimate of drug-likeness (QED) is 0.463. The van der Waals surface area contributed by atoms with E-state index in [0.717, 1.165) is 4.70 Å². The van der Waals surface area contributed by atoms with E-state index in [9.17, 15) is 9.59 Å². The lowest BCUT2D eigenvalue weighted by Gasteiger charge is -2.11. The fourth-order valence-electron chi connectivity index (χ4n) is 3.37. The predicted octanol–water partition coefficient (Wildman–Crippen LogP) is 3.53. The van der Waals surface area contributed by atoms with Crippen molar-refractivity contribution in [2.75, 3.05) is 26.6 Å². The van der Waals surface area contributed by atoms with Crippen molar-refractivity contribution in [2.45, 2.75) is 27.3 Å². The average Bonchev–Trinajstić information content (AvgIpc) is 3.38. The molecule has 0 atom stereocenters. The second kappa shape index (κ2) is 9.95. The van der Waals surface area contributed by atoms with E-state index in [2.05, 4.69) is 4.99 Å². The van der Waals surface area contributed by atoms with Gasteiger partial charge in [-0.3, -0.25) is 9.59 Å². The molecule has 174 valence electrons. The monoisotopic (exact) mass is 472 g/mol. The number of ether oxygens (including phenoxy) is 5. The molecule has 0 N–H and O–H groups in total. The third-order valence-corrected chi connectivity index (χ3v) is 5.80. The summed E-state index contributed by atoms with van der Waals surface area (Å²) in [5, 5.41) is 0. The molecule has 2 aromatic carbocycles. The van der Waals surface area contributed by atoms with Crippen molar-refractivity contribution in [2.24, 2.45) is 4.99 Å². The Morgan fingerprint density at radius 2 is 1.73 bits per heavy atom. The predicted molar refractivity (Wildman–Crippen MR) is 121 cm³/mol. The summed E-state index contributed by atoms with van der Waals surface area (Å²) in [6, 6.07) is 8.53. The van der Waals surface area contributed by atoms with Gasteiger partial charge in [-0.15, -0.1) is 0 Å². The maximum Gasteiger partial charge on any atom is 0.326 e. The van der Waals surface area contributed by atoms with Gasteiger partial charge in [0, 0.05) is 17.7 Å². The molecule has 1 aromatic heterocycles. The molecule has 1 aliphatic heterocycles. The van der Waals surface area contributed by atoms with Crippen LogP contribution in [0.3, 0.4) is 0 Å². The van der Waals surface area contributed by atoms with Crippen LogP contribution in [0, 0.1) is 0 Å². The highest BCUT2D eigenvalue weighted by molar-refractivity contribution is 7.16. The van der Waals surface area contributed by atoms with Gasteiger partial charge in [-0.05, 0) is 39.0 Å². The molecule has 4 rings (SSSR count). The van der Waals surface area contributed by atoms with Crippen molar-refractivity contribution in [3.63, 3.8) is 0 Å². The van der Waals surface area contributed by atoms with Crippen LogP contribution < -0.4 is 23.7 Å². The normalized spacial score (nSPS) is 12.8. The number of aromatic nitrogens is 1. The van der Waals surface area contributed by atoms with E-state index < -0.39 is 11.9 Å². The number of fused-ring (bicyclic) bond motifs is 2. The highest BCUT2D eigenvalue weighted by atomic mass is 32.1. The minimum absolute atomic E-state index is 0.0902. The molecule has 9 nitrogen and oxygen atoms in total. The Morgan fingerprint density at radius 1 is 1.00 bits per heavy atom. The Hall–Kier alpha value is -3.53. The lowest BCUT2D eigenvalue weighted by Crippen LogP contribution is -2.23. The molecule has 10 heteroatoms. The van der Waals surface area contributed by atoms with Gasteiger partial charge in [0.25, 0.3) is 5.91 Å². The molecule has 1 amide bonds. The maximum absolute atomic E-state index is 13.0. The number of thiazole rings is 1. The first kappa shape index (κ1) is 22.7. The summed E-state index contributed by atoms with van der Waals surface area (Å²) < 4.78 is 29.7. The van der Waals surface area contributed by atoms with Crippen molar-refractivity contribution >= 4 is 33.4 Å². The van der Waals surface area contributed by atoms with Gasteiger partial charge in [0.2, 0.25) is 6.79 Å². The van der Waals surface area contributed by atoms with E-state index in [1.54, 1.807) is 35.8 Å². The average molecular weight is 473 g/mol. The van der Waals surface area contributed by atoms with E-state index in [-0.39, 0.29) is 19.9 Å². The lowest BCUT2D eigenvalue weighted by molar-refractivity contribution is -0.143. The summed E-state index contributed by atoms with van der Waals surface area (Å²) in [6.45, 7) is 6.68. The van der Waals surface area contributed by atoms with Crippen molar-refractivity contribution in [1.29, 1.82) is 0 Å². The summed E-state index contributed by atoms with van der Waals surface area (Å²) in [5.74, 6) is 1.32. The summed E-state index contributed by atoms with van der Waals surface area (Å²) in [6.07, 6.45) is 0. The summed E-state index contributed by atoms with van der Waals surface area (Å²) in [5.41, 5.74) is 1.04. The number of carbonyl (C=O) groups excluding carboxylic acids is 2. The Labute approximate surface area is 194 Å². The smallest absolute Gasteiger partial charge is 0.326 e. The van der Waals surface area contributed by atoms with Crippen LogP contribution in [0.15, 0.2) is 35.3 Å². The van der Waals surface area contributed by atoms with Crippen molar-refractivity contribution < 1.29 is 33.3 Å². The van der Waals surface area contributed by atoms with Crippen LogP contribution in [0.4, 0.5) is 0 Å². The number of hydrogen-bond donors (Lipinski definition) is 0. The van der Waals surface area contributed by atoms with Crippen LogP contribution in [0.5, 0.6) is 23.0 Å². The number of carbonyl (C=O) groups is 2. The van der Waals surface area contributed by atoms with Crippen molar-refractivity contribution in [3.8, 4) is 23.0 Å². The first-order valence-corrected chi connectivity index (χ1v) is 11.4. The van der Waals surface area contributed by atoms with Crippen LogP contribution >= 0.6 is 11.3 Å². The summed E-state index contributed by atoms with van der Waals surface area (Å²) in [7, 11) is 0. The Kier molecular flexibility index (Phi) is 6.83. The molecule has 33 heavy (non-hydrogen) atoms. The molecule has 1 aliphatic rings. The third kappa shape index (κ3) is 4.80. The molecule has 0 radical (unpaired) electrons. The standard InChI is InChI=1S/C23H24N2O7S/c1-4-28-16-8-7-14(9-17(16)29-5-2)22(27)24-23-25(12-21(26)30-6-3)15-10-18-19(32-13-31-18)11-20(15)33-23/h7-11H,4-6,12-13H2,1-3H3. The number of esters is 1. The van der Waals surface area contributed by atoms with Gasteiger partial charge >= 0.3 is 5.97 Å². The van der Waals surface area contributed by atoms with Gasteiger partial charge in [0.15, 0.2) is 27.8 Å². The highest BCUT2D eigenvalue weighted by Gasteiger charge is 2.20. The molecule has 2 heterocycles. The Morgan fingerprint density at radius 3 is 2.45 bits per heavy atom. The van der Waals surface area contributed by atoms with E-state index >= 15 is 0 Å². The highest BCUT2D eigenvalue weighted by Crippen LogP contribution is 2.37. The molecular formula is C23H24N2O7S. The minimum Gasteiger partial charge on any atom is -0.490 e. The van der Waals surface area contributed by atoms with E-state index in [4.69, 9.17) is 23.7 Å². The SMILES string of the molecule is CCOC(=O)Cn1c(=NC(=O)c2ccc(OCC)c(OCC)c2)sc2cc3c(cc21)OCO3. The molecule has 0 saturated carbocycles. The Bertz CT molecular complexity index is 1260. The van der Waals surface area contributed by atoms with E-state index in [0.29, 0.717) is 52.1 Å². The van der Waals surface area contributed by atoms with Gasteiger partial charge in [0.1, 0.15) is 6.54 Å². The molecular weight excluding hydrogens is 448 g/mol. The van der Waals surface area contributed by atoms with Gasteiger partial charge in [0.05, 0.1) is 30.0 Å². The molecule has 0 aliphatic carbocycles. The van der Waals surface area contributed by atoms with Gasteiger partial charge < -0.3 is 28.3 Å². The number of hydrogen-bond acceptors (Lipinski definition) is 8. The van der Waals surface area contributed by atoms with Crippen LogP contribution in [-0.4, -0.2) is 43.1 Å². The van der Waals surface area contributed by atoms with Gasteiger partial charge in [-0.1, -0.05) is 11.3 Å². The summed E-state index contributed by atoms with van der Waals surface area (Å²) >= 11 is 1.27. The number of nitrogens with zero attached hydrogens (tertiary/aromatic N) is 2. The van der Waals surface area contributed by atoms with Gasteiger partial charge in [-0.25, -0.2) is 0 Å². The molecule has 0 unspecified atom stereocenters. The largest absolute Gasteiger partial charge is 0.490 e. The molecule has 0 spiro atoms. The molecule has 0 saturated heterocycles. The van der Waals surface area contributed by atoms with Crippen molar-refractivity contribution in [3.05, 3.63) is 40.7 Å². The van der Waals surface area contributed by atoms with Crippen LogP contribution in [0.25, 0.3) is 10.2 Å². The van der Waals surface area contributed by atoms with Crippen LogP contribution in [0.2, 0.25) is 0 Å². The fourth-order valence-corrected chi connectivity index (χ4v) is 4.41. The maximum atomic E-state index is 13.0. The zero-order valence-electron chi connectivity index (χ0n) is 18.6. The number of benzene rings is 2. The number of rotatable bonds is 8. The zero-order valence-corrected chi connectivity index (χ0v) is 19.4. The fraction of sp³-hybridized carbons (Fsp3) is 0.348.